The first-order valence-electron chi connectivity index (χ1n) is 6.76. The summed E-state index contributed by atoms with van der Waals surface area (Å²) >= 11 is 0. The van der Waals surface area contributed by atoms with Crippen molar-refractivity contribution in [3.8, 4) is 6.07 Å². The molecule has 5 nitrogen and oxygen atoms in total. The Morgan fingerprint density at radius 3 is 2.38 bits per heavy atom. The van der Waals surface area contributed by atoms with E-state index in [-0.39, 0.29) is 0 Å². The number of likely N-dealkylation sites (tertiary alicyclic amines) is 1. The van der Waals surface area contributed by atoms with Crippen molar-refractivity contribution in [2.45, 2.75) is 51.7 Å². The molecule has 2 aliphatic rings. The molecule has 0 aromatic heterocycles. The predicted octanol–water partition coefficient (Wildman–Crippen LogP) is 2.36. The molecule has 3 atom stereocenters. The highest BCUT2D eigenvalue weighted by atomic mass is 19.3. The number of ketones is 1. The molecule has 21 heavy (non-hydrogen) atoms. The van der Waals surface area contributed by atoms with Crippen LogP contribution >= 0.6 is 0 Å². The molecule has 2 rings (SSSR count). The smallest absolute Gasteiger partial charge is 0.410 e. The number of carbonyl (C=O) groups is 2. The summed E-state index contributed by atoms with van der Waals surface area (Å²) < 4.78 is 32.4. The van der Waals surface area contributed by atoms with Crippen LogP contribution < -0.4 is 0 Å². The van der Waals surface area contributed by atoms with Gasteiger partial charge in [-0.15, -0.1) is 0 Å². The molecule has 7 heteroatoms. The molecule has 2 unspecified atom stereocenters. The van der Waals surface area contributed by atoms with E-state index in [0.29, 0.717) is 0 Å². The normalized spacial score (nSPS) is 34.5. The largest absolute Gasteiger partial charge is 0.444 e. The second-order valence-corrected chi connectivity index (χ2v) is 6.78. The van der Waals surface area contributed by atoms with Gasteiger partial charge in [0, 0.05) is 13.0 Å². The van der Waals surface area contributed by atoms with Gasteiger partial charge in [-0.05, 0) is 27.7 Å². The Hall–Kier alpha value is -1.71. The van der Waals surface area contributed by atoms with E-state index in [4.69, 9.17) is 10.00 Å². The standard InChI is InChI=1S/C14H18F2N2O3/c1-8-9(5-17)10(19)13(6-14(13,15)16)7-18(8)11(20)21-12(2,3)4/h8-9H,6-7H2,1-4H3/t8-,9?,13?/m0/s1. The fraction of sp³-hybridized carbons (Fsp3) is 0.786. The first-order chi connectivity index (χ1) is 9.45. The number of halogens is 2. The molecule has 0 aromatic carbocycles. The van der Waals surface area contributed by atoms with Crippen molar-refractivity contribution in [3.05, 3.63) is 0 Å². The number of nitrogens with zero attached hydrogens (tertiary/aromatic N) is 2. The molecule has 0 N–H and O–H groups in total. The number of carbonyl (C=O) groups excluding carboxylic acids is 2. The van der Waals surface area contributed by atoms with Gasteiger partial charge in [-0.2, -0.15) is 5.26 Å². The molecule has 1 spiro atoms. The molecule has 116 valence electrons. The Balaban J connectivity index is 2.29. The number of piperidine rings is 1. The summed E-state index contributed by atoms with van der Waals surface area (Å²) in [5.41, 5.74) is -2.68. The van der Waals surface area contributed by atoms with E-state index >= 15 is 0 Å². The zero-order valence-electron chi connectivity index (χ0n) is 12.4. The Kier molecular flexibility index (Phi) is 3.28. The summed E-state index contributed by atoms with van der Waals surface area (Å²) in [6.07, 6.45) is -1.38. The molecule has 1 heterocycles. The zero-order valence-corrected chi connectivity index (χ0v) is 12.4. The van der Waals surface area contributed by atoms with E-state index in [2.05, 4.69) is 0 Å². The van der Waals surface area contributed by atoms with Crippen molar-refractivity contribution in [1.82, 2.24) is 4.90 Å². The van der Waals surface area contributed by atoms with E-state index in [9.17, 15) is 18.4 Å². The van der Waals surface area contributed by atoms with E-state index in [1.54, 1.807) is 26.8 Å². The van der Waals surface area contributed by atoms with Gasteiger partial charge in [0.15, 0.2) is 5.78 Å². The molecule has 1 saturated carbocycles. The average Bonchev–Trinajstić information content (AvgIpc) is 2.85. The van der Waals surface area contributed by atoms with E-state index in [1.165, 1.54) is 6.92 Å². The van der Waals surface area contributed by atoms with Gasteiger partial charge >= 0.3 is 6.09 Å². The third-order valence-electron chi connectivity index (χ3n) is 4.03. The summed E-state index contributed by atoms with van der Waals surface area (Å²) in [7, 11) is 0. The monoisotopic (exact) mass is 300 g/mol. The predicted molar refractivity (Wildman–Crippen MR) is 68.5 cm³/mol. The summed E-state index contributed by atoms with van der Waals surface area (Å²) in [4.78, 5) is 25.4. The fourth-order valence-corrected chi connectivity index (χ4v) is 2.70. The number of amides is 1. The highest BCUT2D eigenvalue weighted by molar-refractivity contribution is 5.95. The van der Waals surface area contributed by atoms with Crippen LogP contribution in [-0.4, -0.2) is 40.9 Å². The van der Waals surface area contributed by atoms with Crippen LogP contribution in [0.2, 0.25) is 0 Å². The molecule has 1 saturated heterocycles. The maximum atomic E-state index is 13.6. The first kappa shape index (κ1) is 15.7. The number of hydrogen-bond donors (Lipinski definition) is 0. The van der Waals surface area contributed by atoms with Crippen molar-refractivity contribution >= 4 is 11.9 Å². The lowest BCUT2D eigenvalue weighted by Gasteiger charge is -2.40. The Morgan fingerprint density at radius 2 is 2.00 bits per heavy atom. The highest BCUT2D eigenvalue weighted by Gasteiger charge is 2.78. The van der Waals surface area contributed by atoms with Crippen LogP contribution in [-0.2, 0) is 9.53 Å². The summed E-state index contributed by atoms with van der Waals surface area (Å²) in [6, 6.07) is 0.974. The van der Waals surface area contributed by atoms with Gasteiger partial charge in [0.1, 0.15) is 16.9 Å². The van der Waals surface area contributed by atoms with Crippen LogP contribution in [0, 0.1) is 22.7 Å². The molecule has 1 aliphatic heterocycles. The molecular weight excluding hydrogens is 282 g/mol. The van der Waals surface area contributed by atoms with Crippen molar-refractivity contribution in [1.29, 1.82) is 5.26 Å². The molecule has 1 amide bonds. The Morgan fingerprint density at radius 1 is 1.48 bits per heavy atom. The topological polar surface area (TPSA) is 70.4 Å². The molecule has 0 radical (unpaired) electrons. The van der Waals surface area contributed by atoms with Gasteiger partial charge in [0.2, 0.25) is 0 Å². The lowest BCUT2D eigenvalue weighted by Crippen LogP contribution is -2.57. The third kappa shape index (κ3) is 2.37. The second-order valence-electron chi connectivity index (χ2n) is 6.78. The van der Waals surface area contributed by atoms with Crippen LogP contribution in [0.3, 0.4) is 0 Å². The summed E-state index contributed by atoms with van der Waals surface area (Å²) in [5, 5.41) is 9.10. The second kappa shape index (κ2) is 4.39. The minimum Gasteiger partial charge on any atom is -0.444 e. The minimum absolute atomic E-state index is 0.396. The van der Waals surface area contributed by atoms with Crippen molar-refractivity contribution in [2.24, 2.45) is 11.3 Å². The molecular formula is C14H18F2N2O3. The van der Waals surface area contributed by atoms with Crippen LogP contribution in [0.15, 0.2) is 0 Å². The SMILES string of the molecule is C[C@H]1C(C#N)C(=O)C2(CN1C(=O)OC(C)(C)C)CC2(F)F. The number of nitriles is 1. The van der Waals surface area contributed by atoms with Gasteiger partial charge in [-0.1, -0.05) is 0 Å². The van der Waals surface area contributed by atoms with Gasteiger partial charge in [0.05, 0.1) is 12.1 Å². The first-order valence-corrected chi connectivity index (χ1v) is 6.76. The van der Waals surface area contributed by atoms with Gasteiger partial charge in [0.25, 0.3) is 5.92 Å². The molecule has 1 aliphatic carbocycles. The van der Waals surface area contributed by atoms with Crippen molar-refractivity contribution < 1.29 is 23.1 Å². The van der Waals surface area contributed by atoms with E-state index in [0.717, 1.165) is 4.90 Å². The maximum Gasteiger partial charge on any atom is 0.410 e. The average molecular weight is 300 g/mol. The highest BCUT2D eigenvalue weighted by Crippen LogP contribution is 2.64. The number of rotatable bonds is 0. The summed E-state index contributed by atoms with van der Waals surface area (Å²) in [6.45, 7) is 6.09. The van der Waals surface area contributed by atoms with Crippen LogP contribution in [0.4, 0.5) is 13.6 Å². The van der Waals surface area contributed by atoms with Crippen molar-refractivity contribution in [3.63, 3.8) is 0 Å². The van der Waals surface area contributed by atoms with Gasteiger partial charge in [-0.25, -0.2) is 13.6 Å². The molecule has 2 fully saturated rings. The van der Waals surface area contributed by atoms with Crippen LogP contribution in [0.5, 0.6) is 0 Å². The van der Waals surface area contributed by atoms with E-state index in [1.807, 2.05) is 0 Å². The third-order valence-corrected chi connectivity index (χ3v) is 4.03. The zero-order chi connectivity index (χ0) is 16.2. The minimum atomic E-state index is -3.15. The Bertz CT molecular complexity index is 535. The maximum absolute atomic E-state index is 13.6. The van der Waals surface area contributed by atoms with Crippen molar-refractivity contribution in [2.75, 3.05) is 6.54 Å². The molecule has 0 bridgehead atoms. The number of ether oxygens (including phenoxy) is 1. The lowest BCUT2D eigenvalue weighted by atomic mass is 9.80. The quantitative estimate of drug-likeness (QED) is 0.688. The van der Waals surface area contributed by atoms with Crippen LogP contribution in [0.1, 0.15) is 34.1 Å². The number of alkyl halides is 2. The van der Waals surface area contributed by atoms with Crippen LogP contribution in [0.25, 0.3) is 0 Å². The van der Waals surface area contributed by atoms with E-state index < -0.39 is 53.7 Å². The Labute approximate surface area is 121 Å². The number of Topliss-reactive ketones (excluding diaryl/α,β-unsaturated/α-hetero) is 1. The summed E-state index contributed by atoms with van der Waals surface area (Å²) in [5.74, 6) is -5.17. The number of hydrogen-bond acceptors (Lipinski definition) is 4. The molecule has 0 aromatic rings. The fourth-order valence-electron chi connectivity index (χ4n) is 2.70. The van der Waals surface area contributed by atoms with Gasteiger partial charge < -0.3 is 9.64 Å². The lowest BCUT2D eigenvalue weighted by molar-refractivity contribution is -0.138. The van der Waals surface area contributed by atoms with Gasteiger partial charge in [-0.3, -0.25) is 4.79 Å².